The van der Waals surface area contributed by atoms with E-state index in [1.807, 2.05) is 0 Å². The summed E-state index contributed by atoms with van der Waals surface area (Å²) in [5.74, 6) is 0.262. The van der Waals surface area contributed by atoms with Crippen molar-refractivity contribution in [2.45, 2.75) is 33.0 Å². The van der Waals surface area contributed by atoms with Gasteiger partial charge in [-0.3, -0.25) is 24.2 Å². The van der Waals surface area contributed by atoms with Gasteiger partial charge in [-0.25, -0.2) is 9.59 Å². The number of rotatable bonds is 3. The van der Waals surface area contributed by atoms with Crippen molar-refractivity contribution in [3.63, 3.8) is 0 Å². The minimum atomic E-state index is -0.620. The Morgan fingerprint density at radius 3 is 2.35 bits per heavy atom. The van der Waals surface area contributed by atoms with Crippen molar-refractivity contribution in [3.05, 3.63) is 56.5 Å². The molecule has 3 heterocycles. The Hall–Kier alpha value is -2.90. The van der Waals surface area contributed by atoms with E-state index in [-0.39, 0.29) is 12.4 Å². The van der Waals surface area contributed by atoms with Crippen molar-refractivity contribution >= 4 is 11.8 Å². The third kappa shape index (κ3) is 2.32. The number of urea groups is 1. The van der Waals surface area contributed by atoms with Crippen molar-refractivity contribution in [1.82, 2.24) is 19.4 Å². The normalized spacial score (nSPS) is 16.4. The van der Waals surface area contributed by atoms with Gasteiger partial charge in [0.05, 0.1) is 11.6 Å². The van der Waals surface area contributed by atoms with Gasteiger partial charge < -0.3 is 5.32 Å². The lowest BCUT2D eigenvalue weighted by atomic mass is 9.99. The molecular weight excluding hydrogens is 298 g/mol. The van der Waals surface area contributed by atoms with Crippen LogP contribution >= 0.6 is 0 Å². The van der Waals surface area contributed by atoms with Crippen LogP contribution in [-0.4, -0.2) is 20.1 Å². The molecule has 0 aromatic carbocycles. The number of anilines is 1. The summed E-state index contributed by atoms with van der Waals surface area (Å²) in [5, 5.41) is 5.34. The lowest BCUT2D eigenvalue weighted by Crippen LogP contribution is -2.50. The monoisotopic (exact) mass is 315 g/mol. The van der Waals surface area contributed by atoms with Crippen LogP contribution in [0.1, 0.15) is 31.0 Å². The first-order chi connectivity index (χ1) is 11.1. The van der Waals surface area contributed by atoms with E-state index in [0.717, 1.165) is 5.56 Å². The second-order valence-electron chi connectivity index (χ2n) is 5.15. The topological polar surface area (TPSA) is 98.0 Å². The lowest BCUT2D eigenvalue weighted by Gasteiger charge is -2.29. The molecule has 0 saturated carbocycles. The molecule has 0 saturated heterocycles. The maximum atomic E-state index is 12.8. The van der Waals surface area contributed by atoms with Crippen LogP contribution in [-0.2, 0) is 13.1 Å². The molecule has 1 aliphatic rings. The molecule has 2 aromatic rings. The summed E-state index contributed by atoms with van der Waals surface area (Å²) < 4.78 is 2.59. The van der Waals surface area contributed by atoms with E-state index >= 15 is 0 Å². The quantitative estimate of drug-likeness (QED) is 0.869. The molecule has 1 aliphatic heterocycles. The number of fused-ring (bicyclic) bond motifs is 1. The molecule has 0 bridgehead atoms. The summed E-state index contributed by atoms with van der Waals surface area (Å²) in [6, 6.07) is 2.40. The molecule has 0 aliphatic carbocycles. The second-order valence-corrected chi connectivity index (χ2v) is 5.15. The first-order valence-corrected chi connectivity index (χ1v) is 7.43. The minimum absolute atomic E-state index is 0.262. The maximum Gasteiger partial charge on any atom is 0.332 e. The average molecular weight is 315 g/mol. The molecule has 2 amide bonds. The molecule has 1 unspecified atom stereocenters. The van der Waals surface area contributed by atoms with Gasteiger partial charge in [0.2, 0.25) is 0 Å². The van der Waals surface area contributed by atoms with Crippen LogP contribution in [0.2, 0.25) is 0 Å². The molecule has 0 radical (unpaired) electrons. The third-order valence-corrected chi connectivity index (χ3v) is 3.93. The van der Waals surface area contributed by atoms with Gasteiger partial charge in [0.1, 0.15) is 5.82 Å². The summed E-state index contributed by atoms with van der Waals surface area (Å²) in [5.41, 5.74) is 0.275. The molecule has 2 aromatic heterocycles. The van der Waals surface area contributed by atoms with Crippen molar-refractivity contribution in [3.8, 4) is 0 Å². The molecule has 8 nitrogen and oxygen atoms in total. The average Bonchev–Trinajstić information content (AvgIpc) is 2.55. The van der Waals surface area contributed by atoms with Gasteiger partial charge in [-0.1, -0.05) is 0 Å². The standard InChI is InChI=1S/C15H17N5O3/c1-3-19-12-10(13(21)20(4-2)15(19)23)11(17-14(22)18-12)9-5-7-16-8-6-9/h5-8,11H,3-4H2,1-2H3,(H2,17,18,22). The number of pyridine rings is 1. The molecule has 3 rings (SSSR count). The fourth-order valence-corrected chi connectivity index (χ4v) is 2.84. The third-order valence-electron chi connectivity index (χ3n) is 3.93. The summed E-state index contributed by atoms with van der Waals surface area (Å²) in [4.78, 5) is 41.1. The number of carbonyl (C=O) groups is 1. The number of nitrogens with zero attached hydrogens (tertiary/aromatic N) is 3. The van der Waals surface area contributed by atoms with Gasteiger partial charge in [-0.15, -0.1) is 0 Å². The van der Waals surface area contributed by atoms with Crippen LogP contribution < -0.4 is 21.9 Å². The van der Waals surface area contributed by atoms with Crippen LogP contribution in [0.25, 0.3) is 0 Å². The lowest BCUT2D eigenvalue weighted by molar-refractivity contribution is 0.248. The molecule has 0 fully saturated rings. The summed E-state index contributed by atoms with van der Waals surface area (Å²) >= 11 is 0. The highest BCUT2D eigenvalue weighted by atomic mass is 16.2. The fourth-order valence-electron chi connectivity index (χ4n) is 2.84. The van der Waals surface area contributed by atoms with Gasteiger partial charge in [0.25, 0.3) is 5.56 Å². The number of hydrogen-bond donors (Lipinski definition) is 2. The molecule has 0 spiro atoms. The van der Waals surface area contributed by atoms with E-state index in [9.17, 15) is 14.4 Å². The van der Waals surface area contributed by atoms with E-state index in [4.69, 9.17) is 0 Å². The Kier molecular flexibility index (Phi) is 3.73. The molecule has 2 N–H and O–H groups in total. The highest BCUT2D eigenvalue weighted by Crippen LogP contribution is 2.27. The summed E-state index contributed by atoms with van der Waals surface area (Å²) in [7, 11) is 0. The molecule has 8 heteroatoms. The number of hydrogen-bond acceptors (Lipinski definition) is 4. The van der Waals surface area contributed by atoms with Crippen LogP contribution in [0, 0.1) is 0 Å². The van der Waals surface area contributed by atoms with E-state index in [1.165, 1.54) is 9.13 Å². The zero-order chi connectivity index (χ0) is 16.6. The number of carbonyl (C=O) groups excluding carboxylic acids is 1. The van der Waals surface area contributed by atoms with E-state index < -0.39 is 23.3 Å². The number of amides is 2. The molecule has 1 atom stereocenters. The number of nitrogens with one attached hydrogen (secondary N) is 2. The first kappa shape index (κ1) is 15.0. The predicted octanol–water partition coefficient (Wildman–Crippen LogP) is 0.669. The molecule has 23 heavy (non-hydrogen) atoms. The Morgan fingerprint density at radius 1 is 1.09 bits per heavy atom. The van der Waals surface area contributed by atoms with Crippen molar-refractivity contribution < 1.29 is 4.79 Å². The van der Waals surface area contributed by atoms with Gasteiger partial charge >= 0.3 is 11.7 Å². The van der Waals surface area contributed by atoms with E-state index in [0.29, 0.717) is 12.1 Å². The largest absolute Gasteiger partial charge is 0.332 e. The first-order valence-electron chi connectivity index (χ1n) is 7.43. The Balaban J connectivity index is 2.35. The highest BCUT2D eigenvalue weighted by Gasteiger charge is 2.32. The zero-order valence-corrected chi connectivity index (χ0v) is 12.9. The molecular formula is C15H17N5O3. The zero-order valence-electron chi connectivity index (χ0n) is 12.9. The van der Waals surface area contributed by atoms with Gasteiger partial charge in [-0.05, 0) is 31.5 Å². The Labute approximate surface area is 131 Å². The Morgan fingerprint density at radius 2 is 1.74 bits per heavy atom. The summed E-state index contributed by atoms with van der Waals surface area (Å²) in [6.45, 7) is 4.15. The minimum Gasteiger partial charge on any atom is -0.327 e. The van der Waals surface area contributed by atoms with Crippen molar-refractivity contribution in [1.29, 1.82) is 0 Å². The van der Waals surface area contributed by atoms with Crippen LogP contribution in [0.15, 0.2) is 34.1 Å². The fraction of sp³-hybridized carbons (Fsp3) is 0.333. The highest BCUT2D eigenvalue weighted by molar-refractivity contribution is 5.92. The second kappa shape index (κ2) is 5.71. The SMILES string of the molecule is CCn1c2c(c(=O)n(CC)c1=O)C(c1ccncc1)NC(=O)N2. The van der Waals surface area contributed by atoms with E-state index in [2.05, 4.69) is 15.6 Å². The Bertz CT molecular complexity index is 869. The molecule has 120 valence electrons. The van der Waals surface area contributed by atoms with Crippen LogP contribution in [0.5, 0.6) is 0 Å². The van der Waals surface area contributed by atoms with Crippen molar-refractivity contribution in [2.24, 2.45) is 0 Å². The van der Waals surface area contributed by atoms with Gasteiger partial charge in [-0.2, -0.15) is 0 Å². The van der Waals surface area contributed by atoms with Crippen LogP contribution in [0.4, 0.5) is 10.6 Å². The smallest absolute Gasteiger partial charge is 0.327 e. The maximum absolute atomic E-state index is 12.8. The summed E-state index contributed by atoms with van der Waals surface area (Å²) in [6.07, 6.45) is 3.19. The predicted molar refractivity (Wildman–Crippen MR) is 84.5 cm³/mol. The van der Waals surface area contributed by atoms with Gasteiger partial charge in [0, 0.05) is 25.5 Å². The number of aromatic nitrogens is 3. The van der Waals surface area contributed by atoms with Crippen molar-refractivity contribution in [2.75, 3.05) is 5.32 Å². The van der Waals surface area contributed by atoms with E-state index in [1.54, 1.807) is 38.4 Å². The van der Waals surface area contributed by atoms with Crippen LogP contribution in [0.3, 0.4) is 0 Å². The van der Waals surface area contributed by atoms with Gasteiger partial charge in [0.15, 0.2) is 0 Å².